The van der Waals surface area contributed by atoms with Gasteiger partial charge in [0.1, 0.15) is 19.3 Å². The lowest BCUT2D eigenvalue weighted by atomic mass is 9.80. The number of benzene rings is 1. The van der Waals surface area contributed by atoms with Crippen molar-refractivity contribution in [1.29, 1.82) is 0 Å². The van der Waals surface area contributed by atoms with E-state index >= 15 is 0 Å². The van der Waals surface area contributed by atoms with Crippen LogP contribution in [0.15, 0.2) is 46.8 Å². The Balaban J connectivity index is 2.57. The van der Waals surface area contributed by atoms with Crippen LogP contribution in [-0.4, -0.2) is 52.5 Å². The van der Waals surface area contributed by atoms with Crippen molar-refractivity contribution < 1.29 is 43.8 Å². The smallest absolute Gasteiger partial charge is 0.337 e. The van der Waals surface area contributed by atoms with E-state index in [0.717, 1.165) is 0 Å². The molecule has 1 heterocycles. The Bertz CT molecular complexity index is 1140. The number of nitrogens with one attached hydrogen (secondary N) is 1. The van der Waals surface area contributed by atoms with Crippen molar-refractivity contribution in [2.24, 2.45) is 0 Å². The molecule has 0 aromatic heterocycles. The van der Waals surface area contributed by atoms with Gasteiger partial charge in [-0.1, -0.05) is 12.1 Å². The molecule has 0 radical (unpaired) electrons. The number of carbonyl (C=O) groups is 2. The molecular weight excluding hydrogens is 500 g/mol. The lowest BCUT2D eigenvalue weighted by Crippen LogP contribution is -2.36. The second-order valence-electron chi connectivity index (χ2n) is 8.01. The Morgan fingerprint density at radius 1 is 0.919 bits per heavy atom. The standard InChI is InChI=1S/C21H24N4O12/c1-11(2)36-20(26)17-12(3)22-13(4)18(19(17)14-6-5-7-15(8-14)23(28)29)21(27)37-16(9-34-24(30)31)10-35-25(32)33/h5-8,11,16,19,22H,9-10H2,1-4H3. The molecule has 0 aliphatic carbocycles. The van der Waals surface area contributed by atoms with Gasteiger partial charge < -0.3 is 24.5 Å². The van der Waals surface area contributed by atoms with Crippen LogP contribution in [0.25, 0.3) is 0 Å². The molecule has 1 aliphatic heterocycles. The van der Waals surface area contributed by atoms with E-state index in [0.29, 0.717) is 5.70 Å². The van der Waals surface area contributed by atoms with Crippen molar-refractivity contribution in [1.82, 2.24) is 5.32 Å². The van der Waals surface area contributed by atoms with E-state index < -0.39 is 58.4 Å². The first-order chi connectivity index (χ1) is 17.3. The summed E-state index contributed by atoms with van der Waals surface area (Å²) in [5.74, 6) is -3.15. The molecule has 0 bridgehead atoms. The number of nitrogens with zero attached hydrogens (tertiary/aromatic N) is 3. The largest absolute Gasteiger partial charge is 0.460 e. The van der Waals surface area contributed by atoms with Crippen LogP contribution < -0.4 is 5.32 Å². The molecule has 16 nitrogen and oxygen atoms in total. The molecule has 1 aromatic rings. The fraction of sp³-hybridized carbons (Fsp3) is 0.429. The second-order valence-corrected chi connectivity index (χ2v) is 8.01. The van der Waals surface area contributed by atoms with E-state index in [2.05, 4.69) is 15.0 Å². The van der Waals surface area contributed by atoms with Crippen LogP contribution in [-0.2, 0) is 28.7 Å². The molecule has 1 aliphatic rings. The van der Waals surface area contributed by atoms with Crippen LogP contribution >= 0.6 is 0 Å². The SMILES string of the molecule is CC1=C(C(=O)OC(C)C)C(c2cccc([N+](=O)[O-])c2)C(C(=O)OC(CO[N+](=O)[O-])CO[N+](=O)[O-])=C(C)N1. The maximum atomic E-state index is 13.3. The number of ether oxygens (including phenoxy) is 2. The van der Waals surface area contributed by atoms with E-state index in [9.17, 15) is 39.9 Å². The number of rotatable bonds is 12. The van der Waals surface area contributed by atoms with Gasteiger partial charge in [-0.05, 0) is 33.3 Å². The number of nitro groups is 1. The number of allylic oxidation sites excluding steroid dienone is 2. The van der Waals surface area contributed by atoms with Crippen LogP contribution in [0, 0.1) is 30.3 Å². The first-order valence-electron chi connectivity index (χ1n) is 10.7. The maximum Gasteiger partial charge on any atom is 0.337 e. The molecule has 0 fully saturated rings. The zero-order chi connectivity index (χ0) is 27.9. The predicted molar refractivity (Wildman–Crippen MR) is 121 cm³/mol. The Kier molecular flexibility index (Phi) is 9.45. The summed E-state index contributed by atoms with van der Waals surface area (Å²) < 4.78 is 10.6. The second kappa shape index (κ2) is 12.3. The van der Waals surface area contributed by atoms with Gasteiger partial charge in [0.15, 0.2) is 0 Å². The minimum absolute atomic E-state index is 0.0358. The van der Waals surface area contributed by atoms with Crippen molar-refractivity contribution in [3.63, 3.8) is 0 Å². The van der Waals surface area contributed by atoms with Crippen LogP contribution in [0.4, 0.5) is 5.69 Å². The minimum atomic E-state index is -1.59. The summed E-state index contributed by atoms with van der Waals surface area (Å²) in [5, 5.41) is 33.1. The Hall–Kier alpha value is -4.76. The van der Waals surface area contributed by atoms with Crippen LogP contribution in [0.5, 0.6) is 0 Å². The van der Waals surface area contributed by atoms with Crippen LogP contribution in [0.2, 0.25) is 0 Å². The Morgan fingerprint density at radius 3 is 1.89 bits per heavy atom. The predicted octanol–water partition coefficient (Wildman–Crippen LogP) is 2.11. The summed E-state index contributed by atoms with van der Waals surface area (Å²) in [6.07, 6.45) is -2.13. The van der Waals surface area contributed by atoms with Crippen molar-refractivity contribution in [3.8, 4) is 0 Å². The summed E-state index contributed by atoms with van der Waals surface area (Å²) in [5.41, 5.74) is 0.148. The molecule has 2 rings (SSSR count). The van der Waals surface area contributed by atoms with Crippen molar-refractivity contribution in [2.75, 3.05) is 13.2 Å². The summed E-state index contributed by atoms with van der Waals surface area (Å²) >= 11 is 0. The quantitative estimate of drug-likeness (QED) is 0.236. The molecule has 200 valence electrons. The Labute approximate surface area is 209 Å². The highest BCUT2D eigenvalue weighted by Crippen LogP contribution is 2.40. The van der Waals surface area contributed by atoms with Gasteiger partial charge in [0, 0.05) is 23.5 Å². The lowest BCUT2D eigenvalue weighted by Gasteiger charge is -2.31. The van der Waals surface area contributed by atoms with Gasteiger partial charge in [0.2, 0.25) is 0 Å². The van der Waals surface area contributed by atoms with Gasteiger partial charge in [-0.15, -0.1) is 20.2 Å². The van der Waals surface area contributed by atoms with Gasteiger partial charge in [-0.3, -0.25) is 10.1 Å². The summed E-state index contributed by atoms with van der Waals surface area (Å²) in [6.45, 7) is 4.47. The number of non-ortho nitro benzene ring substituents is 1. The average molecular weight is 524 g/mol. The van der Waals surface area contributed by atoms with Gasteiger partial charge in [-0.2, -0.15) is 0 Å². The fourth-order valence-electron chi connectivity index (χ4n) is 3.58. The lowest BCUT2D eigenvalue weighted by molar-refractivity contribution is -0.768. The number of dihydropyridines is 1. The van der Waals surface area contributed by atoms with Gasteiger partial charge in [0.05, 0.1) is 28.1 Å². The third kappa shape index (κ3) is 7.61. The molecule has 1 unspecified atom stereocenters. The molecule has 16 heteroatoms. The topological polar surface area (TPSA) is 213 Å². The number of esters is 2. The summed E-state index contributed by atoms with van der Waals surface area (Å²) in [7, 11) is 0. The zero-order valence-electron chi connectivity index (χ0n) is 20.2. The molecule has 1 aromatic carbocycles. The molecule has 0 spiro atoms. The number of hydrogen-bond acceptors (Lipinski definition) is 13. The number of carbonyl (C=O) groups excluding carboxylic acids is 2. The van der Waals surface area contributed by atoms with Gasteiger partial charge in [-0.25, -0.2) is 9.59 Å². The third-order valence-electron chi connectivity index (χ3n) is 4.96. The highest BCUT2D eigenvalue weighted by atomic mass is 17.0. The maximum absolute atomic E-state index is 13.3. The first-order valence-corrected chi connectivity index (χ1v) is 10.7. The minimum Gasteiger partial charge on any atom is -0.460 e. The summed E-state index contributed by atoms with van der Waals surface area (Å²) in [4.78, 5) is 66.6. The van der Waals surface area contributed by atoms with Crippen molar-refractivity contribution in [2.45, 2.75) is 45.8 Å². The van der Waals surface area contributed by atoms with Crippen molar-refractivity contribution >= 4 is 17.6 Å². The Morgan fingerprint density at radius 2 is 1.43 bits per heavy atom. The average Bonchev–Trinajstić information content (AvgIpc) is 2.79. The van der Waals surface area contributed by atoms with E-state index in [1.54, 1.807) is 20.8 Å². The monoisotopic (exact) mass is 524 g/mol. The molecule has 0 saturated carbocycles. The molecule has 1 atom stereocenters. The molecule has 0 amide bonds. The zero-order valence-corrected chi connectivity index (χ0v) is 20.2. The van der Waals surface area contributed by atoms with E-state index in [-0.39, 0.29) is 28.1 Å². The highest BCUT2D eigenvalue weighted by Gasteiger charge is 2.39. The van der Waals surface area contributed by atoms with E-state index in [4.69, 9.17) is 9.47 Å². The fourth-order valence-corrected chi connectivity index (χ4v) is 3.58. The molecule has 0 saturated heterocycles. The molecule has 37 heavy (non-hydrogen) atoms. The summed E-state index contributed by atoms with van der Waals surface area (Å²) in [6, 6.07) is 5.23. The highest BCUT2D eigenvalue weighted by molar-refractivity contribution is 6.00. The van der Waals surface area contributed by atoms with Gasteiger partial charge >= 0.3 is 11.9 Å². The van der Waals surface area contributed by atoms with E-state index in [1.165, 1.54) is 31.2 Å². The van der Waals surface area contributed by atoms with Crippen LogP contribution in [0.3, 0.4) is 0 Å². The third-order valence-corrected chi connectivity index (χ3v) is 4.96. The number of nitro benzene ring substituents is 1. The van der Waals surface area contributed by atoms with Gasteiger partial charge in [0.25, 0.3) is 15.9 Å². The first kappa shape index (κ1) is 28.5. The van der Waals surface area contributed by atoms with Crippen molar-refractivity contribution in [3.05, 3.63) is 82.7 Å². The van der Waals surface area contributed by atoms with E-state index in [1.807, 2.05) is 0 Å². The molecule has 1 N–H and O–H groups in total. The normalized spacial score (nSPS) is 15.2. The van der Waals surface area contributed by atoms with Crippen LogP contribution in [0.1, 0.15) is 39.2 Å². The molecular formula is C21H24N4O12. The number of hydrogen-bond donors (Lipinski definition) is 1.